The number of amides is 1. The third kappa shape index (κ3) is 3.12. The molecule has 1 amide bonds. The molecule has 0 spiro atoms. The number of rotatable bonds is 3. The van der Waals surface area contributed by atoms with Crippen LogP contribution in [0.1, 0.15) is 10.4 Å². The molecule has 0 aliphatic heterocycles. The molecule has 3 rings (SSSR count). The van der Waals surface area contributed by atoms with E-state index < -0.39 is 23.4 Å². The second kappa shape index (κ2) is 6.54. The number of hydrogen-bond acceptors (Lipinski definition) is 2. The normalized spacial score (nSPS) is 10.5. The fourth-order valence-electron chi connectivity index (χ4n) is 2.17. The van der Waals surface area contributed by atoms with Gasteiger partial charge in [-0.05, 0) is 36.4 Å². The van der Waals surface area contributed by atoms with E-state index in [2.05, 4.69) is 10.3 Å². The highest BCUT2D eigenvalue weighted by atomic mass is 19.2. The van der Waals surface area contributed by atoms with Gasteiger partial charge in [0.25, 0.3) is 5.91 Å². The van der Waals surface area contributed by atoms with Crippen molar-refractivity contribution in [2.45, 2.75) is 0 Å². The maximum Gasteiger partial charge on any atom is 0.255 e. The van der Waals surface area contributed by atoms with Gasteiger partial charge >= 0.3 is 0 Å². The van der Waals surface area contributed by atoms with Crippen molar-refractivity contribution in [3.8, 4) is 11.3 Å². The summed E-state index contributed by atoms with van der Waals surface area (Å²) in [6, 6.07) is 12.2. The van der Waals surface area contributed by atoms with E-state index in [0.717, 1.165) is 6.07 Å². The molecule has 1 aromatic heterocycles. The summed E-state index contributed by atoms with van der Waals surface area (Å²) in [5.41, 5.74) is 0.640. The van der Waals surface area contributed by atoms with Crippen molar-refractivity contribution >= 4 is 11.6 Å². The number of hydrogen-bond donors (Lipinski definition) is 1. The van der Waals surface area contributed by atoms with E-state index in [4.69, 9.17) is 0 Å². The van der Waals surface area contributed by atoms with Crippen LogP contribution in [0.2, 0.25) is 0 Å². The fourth-order valence-corrected chi connectivity index (χ4v) is 2.17. The van der Waals surface area contributed by atoms with Gasteiger partial charge in [0.15, 0.2) is 11.6 Å². The zero-order valence-corrected chi connectivity index (χ0v) is 12.3. The Hall–Kier alpha value is -3.15. The van der Waals surface area contributed by atoms with Gasteiger partial charge in [-0.25, -0.2) is 13.2 Å². The summed E-state index contributed by atoms with van der Waals surface area (Å²) in [6.45, 7) is 0. The van der Waals surface area contributed by atoms with Gasteiger partial charge in [0.05, 0.1) is 5.69 Å². The van der Waals surface area contributed by atoms with Crippen LogP contribution in [0.15, 0.2) is 60.8 Å². The molecule has 0 bridgehead atoms. The van der Waals surface area contributed by atoms with Crippen LogP contribution in [0.5, 0.6) is 0 Å². The van der Waals surface area contributed by atoms with Crippen molar-refractivity contribution in [1.29, 1.82) is 0 Å². The molecule has 0 radical (unpaired) electrons. The Bertz CT molecular complexity index is 895. The number of carbonyl (C=O) groups is 1. The predicted molar refractivity (Wildman–Crippen MR) is 83.9 cm³/mol. The standard InChI is InChI=1S/C18H11F3N2O/c19-13-3-1-5-15(16(13)21)23-18(24)12-8-6-11(7-9-12)17-14(20)4-2-10-22-17/h1-10H,(H,23,24). The first-order valence-electron chi connectivity index (χ1n) is 7.02. The first-order chi connectivity index (χ1) is 11.6. The minimum absolute atomic E-state index is 0.167. The average Bonchev–Trinajstić information content (AvgIpc) is 2.59. The summed E-state index contributed by atoms with van der Waals surface area (Å²) in [5.74, 6) is -3.25. The Morgan fingerprint density at radius 3 is 2.29 bits per heavy atom. The van der Waals surface area contributed by atoms with Crippen LogP contribution in [0.25, 0.3) is 11.3 Å². The highest BCUT2D eigenvalue weighted by molar-refractivity contribution is 6.04. The Kier molecular flexibility index (Phi) is 4.29. The van der Waals surface area contributed by atoms with E-state index in [0.29, 0.717) is 5.56 Å². The van der Waals surface area contributed by atoms with Crippen molar-refractivity contribution in [2.75, 3.05) is 5.32 Å². The number of nitrogens with one attached hydrogen (secondary N) is 1. The zero-order valence-electron chi connectivity index (χ0n) is 12.3. The third-order valence-electron chi connectivity index (χ3n) is 3.38. The van der Waals surface area contributed by atoms with E-state index in [1.807, 2.05) is 0 Å². The van der Waals surface area contributed by atoms with Crippen LogP contribution in [-0.2, 0) is 0 Å². The van der Waals surface area contributed by atoms with E-state index in [1.54, 1.807) is 0 Å². The molecule has 1 heterocycles. The van der Waals surface area contributed by atoms with Crippen LogP contribution in [-0.4, -0.2) is 10.9 Å². The third-order valence-corrected chi connectivity index (χ3v) is 3.38. The highest BCUT2D eigenvalue weighted by Crippen LogP contribution is 2.21. The molecule has 0 saturated carbocycles. The van der Waals surface area contributed by atoms with Gasteiger partial charge in [0.2, 0.25) is 0 Å². The Labute approximate surface area is 135 Å². The Morgan fingerprint density at radius 2 is 1.58 bits per heavy atom. The number of benzene rings is 2. The lowest BCUT2D eigenvalue weighted by molar-refractivity contribution is 0.102. The quantitative estimate of drug-likeness (QED) is 0.773. The van der Waals surface area contributed by atoms with Crippen LogP contribution < -0.4 is 5.32 Å². The van der Waals surface area contributed by atoms with Crippen molar-refractivity contribution in [2.24, 2.45) is 0 Å². The van der Waals surface area contributed by atoms with Gasteiger partial charge in [-0.15, -0.1) is 0 Å². The van der Waals surface area contributed by atoms with Crippen molar-refractivity contribution in [3.63, 3.8) is 0 Å². The van der Waals surface area contributed by atoms with Crippen LogP contribution in [0.3, 0.4) is 0 Å². The second-order valence-corrected chi connectivity index (χ2v) is 4.97. The van der Waals surface area contributed by atoms with Crippen LogP contribution in [0, 0.1) is 17.5 Å². The zero-order chi connectivity index (χ0) is 17.1. The minimum atomic E-state index is -1.13. The first kappa shape index (κ1) is 15.7. The van der Waals surface area contributed by atoms with Crippen LogP contribution in [0.4, 0.5) is 18.9 Å². The average molecular weight is 328 g/mol. The second-order valence-electron chi connectivity index (χ2n) is 4.97. The molecule has 0 saturated heterocycles. The van der Waals surface area contributed by atoms with Crippen molar-refractivity contribution in [1.82, 2.24) is 4.98 Å². The molecule has 3 nitrogen and oxygen atoms in total. The molecular formula is C18H11F3N2O. The van der Waals surface area contributed by atoms with E-state index in [1.165, 1.54) is 54.7 Å². The van der Waals surface area contributed by atoms with Gasteiger partial charge in [-0.1, -0.05) is 18.2 Å². The molecule has 0 aliphatic rings. The smallest absolute Gasteiger partial charge is 0.255 e. The number of carbonyl (C=O) groups excluding carboxylic acids is 1. The molecule has 0 unspecified atom stereocenters. The molecule has 24 heavy (non-hydrogen) atoms. The largest absolute Gasteiger partial charge is 0.319 e. The monoisotopic (exact) mass is 328 g/mol. The summed E-state index contributed by atoms with van der Waals surface area (Å²) in [5, 5.41) is 2.29. The first-order valence-corrected chi connectivity index (χ1v) is 7.02. The summed E-state index contributed by atoms with van der Waals surface area (Å²) in [4.78, 5) is 16.0. The molecule has 1 N–H and O–H groups in total. The lowest BCUT2D eigenvalue weighted by Crippen LogP contribution is -2.13. The minimum Gasteiger partial charge on any atom is -0.319 e. The van der Waals surface area contributed by atoms with Crippen LogP contribution >= 0.6 is 0 Å². The SMILES string of the molecule is O=C(Nc1cccc(F)c1F)c1ccc(-c2ncccc2F)cc1. The van der Waals surface area contributed by atoms with Gasteiger partial charge < -0.3 is 5.32 Å². The Balaban J connectivity index is 1.82. The number of anilines is 1. The summed E-state index contributed by atoms with van der Waals surface area (Å²) >= 11 is 0. The Morgan fingerprint density at radius 1 is 0.875 bits per heavy atom. The molecule has 2 aromatic carbocycles. The molecule has 6 heteroatoms. The molecule has 0 atom stereocenters. The lowest BCUT2D eigenvalue weighted by atomic mass is 10.1. The molecule has 0 aliphatic carbocycles. The lowest BCUT2D eigenvalue weighted by Gasteiger charge is -2.08. The molecule has 3 aromatic rings. The highest BCUT2D eigenvalue weighted by Gasteiger charge is 2.13. The van der Waals surface area contributed by atoms with Gasteiger partial charge in [-0.3, -0.25) is 9.78 Å². The maximum atomic E-state index is 13.7. The predicted octanol–water partition coefficient (Wildman–Crippen LogP) is 4.42. The van der Waals surface area contributed by atoms with Crippen molar-refractivity contribution in [3.05, 3.63) is 83.8 Å². The van der Waals surface area contributed by atoms with E-state index >= 15 is 0 Å². The van der Waals surface area contributed by atoms with E-state index in [-0.39, 0.29) is 16.9 Å². The number of halogens is 3. The maximum absolute atomic E-state index is 13.7. The molecule has 120 valence electrons. The number of pyridine rings is 1. The van der Waals surface area contributed by atoms with Crippen molar-refractivity contribution < 1.29 is 18.0 Å². The van der Waals surface area contributed by atoms with E-state index in [9.17, 15) is 18.0 Å². The molecular weight excluding hydrogens is 317 g/mol. The number of aromatic nitrogens is 1. The summed E-state index contributed by atoms with van der Waals surface area (Å²) in [7, 11) is 0. The topological polar surface area (TPSA) is 42.0 Å². The van der Waals surface area contributed by atoms with Gasteiger partial charge in [0.1, 0.15) is 11.5 Å². The molecule has 0 fully saturated rings. The summed E-state index contributed by atoms with van der Waals surface area (Å²) < 4.78 is 40.4. The summed E-state index contributed by atoms with van der Waals surface area (Å²) in [6.07, 6.45) is 1.46. The van der Waals surface area contributed by atoms with Gasteiger partial charge in [-0.2, -0.15) is 0 Å². The fraction of sp³-hybridized carbons (Fsp3) is 0. The number of nitrogens with zero attached hydrogens (tertiary/aromatic N) is 1. The van der Waals surface area contributed by atoms with Gasteiger partial charge in [0, 0.05) is 17.3 Å².